The fourth-order valence-electron chi connectivity index (χ4n) is 1.09. The summed E-state index contributed by atoms with van der Waals surface area (Å²) in [5, 5.41) is 0. The molecule has 0 heterocycles. The number of halogens is 2. The maximum atomic E-state index is 12.8. The number of nitrogens with two attached hydrogens (primary N) is 1. The van der Waals surface area contributed by atoms with Gasteiger partial charge >= 0.3 is 0 Å². The lowest BCUT2D eigenvalue weighted by molar-refractivity contribution is 0.407. The van der Waals surface area contributed by atoms with Gasteiger partial charge in [0.2, 0.25) is 0 Å². The fraction of sp³-hybridized carbons (Fsp3) is 0.200. The fourth-order valence-corrected chi connectivity index (χ4v) is 1.09. The van der Waals surface area contributed by atoms with Gasteiger partial charge in [0.1, 0.15) is 11.6 Å². The Labute approximate surface area is 89.0 Å². The quantitative estimate of drug-likeness (QED) is 0.790. The highest BCUT2D eigenvalue weighted by molar-refractivity contribution is 5.85. The van der Waals surface area contributed by atoms with Crippen molar-refractivity contribution in [3.63, 3.8) is 0 Å². The molecule has 1 rings (SSSR count). The molecule has 0 aliphatic heterocycles. The van der Waals surface area contributed by atoms with Crippen molar-refractivity contribution in [1.29, 1.82) is 0 Å². The molecule has 1 aromatic carbocycles. The van der Waals surface area contributed by atoms with Gasteiger partial charge in [-0.3, -0.25) is 0 Å². The summed E-state index contributed by atoms with van der Waals surface area (Å²) in [7, 11) is 1.52. The second-order valence-corrected chi connectivity index (χ2v) is 2.65. The zero-order valence-electron chi connectivity index (χ0n) is 7.87. The van der Waals surface area contributed by atoms with Gasteiger partial charge in [-0.05, 0) is 18.2 Å². The van der Waals surface area contributed by atoms with Crippen LogP contribution in [0.4, 0.5) is 4.39 Å². The second-order valence-electron chi connectivity index (χ2n) is 2.65. The van der Waals surface area contributed by atoms with E-state index in [1.807, 2.05) is 0 Å². The summed E-state index contributed by atoms with van der Waals surface area (Å²) in [6, 6.07) is 3.84. The zero-order chi connectivity index (χ0) is 9.84. The molecule has 0 radical (unpaired) electrons. The molecular formula is C10H13ClFNO. The topological polar surface area (TPSA) is 35.2 Å². The summed E-state index contributed by atoms with van der Waals surface area (Å²) in [6.45, 7) is 3.54. The van der Waals surface area contributed by atoms with Gasteiger partial charge in [0.15, 0.2) is 0 Å². The molecule has 1 aromatic rings. The highest BCUT2D eigenvalue weighted by Gasteiger charge is 2.09. The number of rotatable bonds is 3. The molecule has 0 saturated carbocycles. The van der Waals surface area contributed by atoms with Crippen LogP contribution in [-0.4, -0.2) is 7.11 Å². The summed E-state index contributed by atoms with van der Waals surface area (Å²) in [5.41, 5.74) is 6.28. The lowest BCUT2D eigenvalue weighted by Gasteiger charge is -2.11. The molecule has 0 amide bonds. The summed E-state index contributed by atoms with van der Waals surface area (Å²) in [4.78, 5) is 0. The average molecular weight is 218 g/mol. The number of hydrogen-bond acceptors (Lipinski definition) is 2. The van der Waals surface area contributed by atoms with Crippen LogP contribution < -0.4 is 10.5 Å². The lowest BCUT2D eigenvalue weighted by Crippen LogP contribution is -2.08. The van der Waals surface area contributed by atoms with Crippen LogP contribution >= 0.6 is 12.4 Å². The third-order valence-corrected chi connectivity index (χ3v) is 1.80. The predicted molar refractivity (Wildman–Crippen MR) is 57.3 cm³/mol. The van der Waals surface area contributed by atoms with Gasteiger partial charge < -0.3 is 10.5 Å². The largest absolute Gasteiger partial charge is 0.496 e. The molecule has 0 fully saturated rings. The van der Waals surface area contributed by atoms with E-state index in [-0.39, 0.29) is 18.2 Å². The maximum Gasteiger partial charge on any atom is 0.124 e. The van der Waals surface area contributed by atoms with E-state index in [0.717, 1.165) is 0 Å². The average Bonchev–Trinajstić information content (AvgIpc) is 2.16. The molecule has 0 unspecified atom stereocenters. The molecule has 14 heavy (non-hydrogen) atoms. The Bertz CT molecular complexity index is 317. The molecule has 4 heteroatoms. The third-order valence-electron chi connectivity index (χ3n) is 1.80. The van der Waals surface area contributed by atoms with E-state index in [2.05, 4.69) is 6.58 Å². The van der Waals surface area contributed by atoms with E-state index in [0.29, 0.717) is 11.3 Å². The lowest BCUT2D eigenvalue weighted by atomic mass is 10.1. The molecule has 0 aliphatic rings. The minimum atomic E-state index is -0.398. The SMILES string of the molecule is C=C[C@H](N)c1cc(F)ccc1OC.Cl. The number of ether oxygens (including phenoxy) is 1. The van der Waals surface area contributed by atoms with Crippen molar-refractivity contribution in [3.05, 3.63) is 42.2 Å². The molecule has 0 spiro atoms. The minimum absolute atomic E-state index is 0. The Hall–Kier alpha value is -1.06. The summed E-state index contributed by atoms with van der Waals surface area (Å²) in [6.07, 6.45) is 1.54. The van der Waals surface area contributed by atoms with Crippen LogP contribution in [-0.2, 0) is 0 Å². The Balaban J connectivity index is 0.00000169. The molecule has 0 aromatic heterocycles. The predicted octanol–water partition coefficient (Wildman–Crippen LogP) is 2.44. The van der Waals surface area contributed by atoms with E-state index in [9.17, 15) is 4.39 Å². The van der Waals surface area contributed by atoms with Crippen LogP contribution in [0.25, 0.3) is 0 Å². The summed E-state index contributed by atoms with van der Waals surface area (Å²) in [5.74, 6) is 0.252. The van der Waals surface area contributed by atoms with Crippen LogP contribution in [0.5, 0.6) is 5.75 Å². The van der Waals surface area contributed by atoms with Crippen molar-refractivity contribution in [3.8, 4) is 5.75 Å². The first-order valence-corrected chi connectivity index (χ1v) is 3.90. The molecule has 2 nitrogen and oxygen atoms in total. The molecule has 78 valence electrons. The second kappa shape index (κ2) is 5.62. The van der Waals surface area contributed by atoms with Gasteiger partial charge in [0.25, 0.3) is 0 Å². The smallest absolute Gasteiger partial charge is 0.124 e. The van der Waals surface area contributed by atoms with E-state index in [1.165, 1.54) is 25.3 Å². The molecular weight excluding hydrogens is 205 g/mol. The highest BCUT2D eigenvalue weighted by Crippen LogP contribution is 2.24. The van der Waals surface area contributed by atoms with Gasteiger partial charge in [-0.25, -0.2) is 4.39 Å². The van der Waals surface area contributed by atoms with E-state index in [1.54, 1.807) is 6.07 Å². The van der Waals surface area contributed by atoms with E-state index >= 15 is 0 Å². The molecule has 0 bridgehead atoms. The zero-order valence-corrected chi connectivity index (χ0v) is 8.68. The highest BCUT2D eigenvalue weighted by atomic mass is 35.5. The third kappa shape index (κ3) is 2.72. The standard InChI is InChI=1S/C10H12FNO.ClH/c1-3-9(12)8-6-7(11)4-5-10(8)13-2;/h3-6,9H,1,12H2,2H3;1H/t9-;/m0./s1. The van der Waals surface area contributed by atoms with Crippen molar-refractivity contribution in [2.24, 2.45) is 5.73 Å². The van der Waals surface area contributed by atoms with Crippen molar-refractivity contribution in [2.45, 2.75) is 6.04 Å². The molecule has 1 atom stereocenters. The normalized spacial score (nSPS) is 11.4. The summed E-state index contributed by atoms with van der Waals surface area (Å²) >= 11 is 0. The summed E-state index contributed by atoms with van der Waals surface area (Å²) < 4.78 is 17.9. The Morgan fingerprint density at radius 1 is 1.57 bits per heavy atom. The first kappa shape index (κ1) is 12.9. The van der Waals surface area contributed by atoms with E-state index < -0.39 is 6.04 Å². The van der Waals surface area contributed by atoms with Crippen molar-refractivity contribution in [1.82, 2.24) is 0 Å². The van der Waals surface area contributed by atoms with E-state index in [4.69, 9.17) is 10.5 Å². The Morgan fingerprint density at radius 3 is 2.71 bits per heavy atom. The van der Waals surface area contributed by atoms with Crippen LogP contribution in [0.3, 0.4) is 0 Å². The van der Waals surface area contributed by atoms with Gasteiger partial charge in [-0.15, -0.1) is 19.0 Å². The van der Waals surface area contributed by atoms with Crippen LogP contribution in [0.15, 0.2) is 30.9 Å². The molecule has 0 aliphatic carbocycles. The number of benzene rings is 1. The number of hydrogen-bond donors (Lipinski definition) is 1. The van der Waals surface area contributed by atoms with Gasteiger partial charge in [0.05, 0.1) is 13.2 Å². The Kier molecular flexibility index (Phi) is 5.20. The molecule has 0 saturated heterocycles. The van der Waals surface area contributed by atoms with Crippen molar-refractivity contribution < 1.29 is 9.13 Å². The first-order valence-electron chi connectivity index (χ1n) is 3.90. The first-order chi connectivity index (χ1) is 6.19. The van der Waals surface area contributed by atoms with Gasteiger partial charge in [-0.1, -0.05) is 6.08 Å². The van der Waals surface area contributed by atoms with Crippen molar-refractivity contribution in [2.75, 3.05) is 7.11 Å². The minimum Gasteiger partial charge on any atom is -0.496 e. The Morgan fingerprint density at radius 2 is 2.21 bits per heavy atom. The number of methoxy groups -OCH3 is 1. The van der Waals surface area contributed by atoms with Gasteiger partial charge in [-0.2, -0.15) is 0 Å². The monoisotopic (exact) mass is 217 g/mol. The van der Waals surface area contributed by atoms with Gasteiger partial charge in [0, 0.05) is 5.56 Å². The maximum absolute atomic E-state index is 12.8. The van der Waals surface area contributed by atoms with Crippen LogP contribution in [0.1, 0.15) is 11.6 Å². The van der Waals surface area contributed by atoms with Crippen LogP contribution in [0.2, 0.25) is 0 Å². The molecule has 2 N–H and O–H groups in total. The van der Waals surface area contributed by atoms with Crippen LogP contribution in [0, 0.1) is 5.82 Å². The van der Waals surface area contributed by atoms with Crippen molar-refractivity contribution >= 4 is 12.4 Å².